The highest BCUT2D eigenvalue weighted by molar-refractivity contribution is 5.85. The predicted octanol–water partition coefficient (Wildman–Crippen LogP) is -1.13. The molecule has 2 amide bonds. The summed E-state index contributed by atoms with van der Waals surface area (Å²) in [5.74, 6) is 0.123. The van der Waals surface area contributed by atoms with Gasteiger partial charge >= 0.3 is 0 Å². The number of hydrogen-bond donors (Lipinski definition) is 2. The van der Waals surface area contributed by atoms with Crippen LogP contribution < -0.4 is 10.6 Å². The van der Waals surface area contributed by atoms with Gasteiger partial charge in [-0.1, -0.05) is 6.92 Å². The third-order valence-electron chi connectivity index (χ3n) is 1.70. The maximum atomic E-state index is 10.8. The van der Waals surface area contributed by atoms with Crippen molar-refractivity contribution in [3.05, 3.63) is 0 Å². The molecule has 1 heterocycles. The summed E-state index contributed by atoms with van der Waals surface area (Å²) in [5.41, 5.74) is 0. The van der Waals surface area contributed by atoms with Crippen LogP contribution in [0.1, 0.15) is 6.92 Å². The van der Waals surface area contributed by atoms with Crippen molar-refractivity contribution in [3.8, 4) is 0 Å². The van der Waals surface area contributed by atoms with E-state index in [9.17, 15) is 9.59 Å². The average molecular weight is 142 g/mol. The SMILES string of the molecule is CC1CNC(=O)[C@H]1NC=O. The van der Waals surface area contributed by atoms with E-state index in [0.717, 1.165) is 0 Å². The van der Waals surface area contributed by atoms with Gasteiger partial charge in [0.05, 0.1) is 0 Å². The van der Waals surface area contributed by atoms with Gasteiger partial charge < -0.3 is 10.6 Å². The fourth-order valence-corrected chi connectivity index (χ4v) is 1.06. The molecule has 2 atom stereocenters. The lowest BCUT2D eigenvalue weighted by atomic mass is 10.1. The van der Waals surface area contributed by atoms with Gasteiger partial charge in [0.15, 0.2) is 0 Å². The van der Waals surface area contributed by atoms with Crippen LogP contribution in [0, 0.1) is 5.92 Å². The Morgan fingerprint density at radius 3 is 2.90 bits per heavy atom. The van der Waals surface area contributed by atoms with E-state index in [0.29, 0.717) is 13.0 Å². The molecule has 1 aliphatic rings. The number of amides is 2. The molecular weight excluding hydrogens is 132 g/mol. The van der Waals surface area contributed by atoms with Crippen LogP contribution in [-0.4, -0.2) is 24.9 Å². The Balaban J connectivity index is 2.53. The predicted molar refractivity (Wildman–Crippen MR) is 35.2 cm³/mol. The van der Waals surface area contributed by atoms with E-state index in [4.69, 9.17) is 0 Å². The number of carbonyl (C=O) groups excluding carboxylic acids is 2. The smallest absolute Gasteiger partial charge is 0.242 e. The third-order valence-corrected chi connectivity index (χ3v) is 1.70. The van der Waals surface area contributed by atoms with Gasteiger partial charge in [0, 0.05) is 12.5 Å². The minimum absolute atomic E-state index is 0.0837. The fraction of sp³-hybridized carbons (Fsp3) is 0.667. The summed E-state index contributed by atoms with van der Waals surface area (Å²) in [5, 5.41) is 5.10. The van der Waals surface area contributed by atoms with E-state index < -0.39 is 0 Å². The quantitative estimate of drug-likeness (QED) is 0.479. The standard InChI is InChI=1S/C6H10N2O2/c1-4-2-7-6(10)5(4)8-3-9/h3-5H,2H2,1H3,(H,7,10)(H,8,9)/t4?,5-/m0/s1. The minimum atomic E-state index is -0.322. The molecule has 0 aromatic rings. The summed E-state index contributed by atoms with van der Waals surface area (Å²) in [6, 6.07) is -0.322. The molecule has 4 heteroatoms. The number of carbonyl (C=O) groups is 2. The number of hydrogen-bond acceptors (Lipinski definition) is 2. The summed E-state index contributed by atoms with van der Waals surface area (Å²) in [6.07, 6.45) is 0.562. The first kappa shape index (κ1) is 7.05. The maximum Gasteiger partial charge on any atom is 0.242 e. The van der Waals surface area contributed by atoms with Crippen molar-refractivity contribution in [1.29, 1.82) is 0 Å². The Bertz CT molecular complexity index is 158. The van der Waals surface area contributed by atoms with E-state index in [1.807, 2.05) is 6.92 Å². The molecule has 1 fully saturated rings. The van der Waals surface area contributed by atoms with E-state index in [1.54, 1.807) is 0 Å². The second kappa shape index (κ2) is 2.68. The van der Waals surface area contributed by atoms with Gasteiger partial charge in [-0.05, 0) is 0 Å². The molecule has 56 valence electrons. The highest BCUT2D eigenvalue weighted by Crippen LogP contribution is 2.07. The van der Waals surface area contributed by atoms with Crippen LogP contribution in [0.25, 0.3) is 0 Å². The second-order valence-corrected chi connectivity index (χ2v) is 2.48. The third kappa shape index (κ3) is 1.10. The van der Waals surface area contributed by atoms with Gasteiger partial charge in [-0.3, -0.25) is 9.59 Å². The Morgan fingerprint density at radius 1 is 1.80 bits per heavy atom. The van der Waals surface area contributed by atoms with Crippen molar-refractivity contribution in [2.45, 2.75) is 13.0 Å². The Hall–Kier alpha value is -1.06. The minimum Gasteiger partial charge on any atom is -0.354 e. The van der Waals surface area contributed by atoms with Crippen LogP contribution in [0.3, 0.4) is 0 Å². The van der Waals surface area contributed by atoms with Crippen LogP contribution in [0.4, 0.5) is 0 Å². The number of rotatable bonds is 2. The Morgan fingerprint density at radius 2 is 2.50 bits per heavy atom. The molecule has 1 saturated heterocycles. The lowest BCUT2D eigenvalue weighted by Gasteiger charge is -2.08. The molecule has 10 heavy (non-hydrogen) atoms. The van der Waals surface area contributed by atoms with Crippen LogP contribution >= 0.6 is 0 Å². The van der Waals surface area contributed by atoms with E-state index in [1.165, 1.54) is 0 Å². The zero-order chi connectivity index (χ0) is 7.56. The largest absolute Gasteiger partial charge is 0.354 e. The first-order valence-electron chi connectivity index (χ1n) is 3.23. The highest BCUT2D eigenvalue weighted by atomic mass is 16.2. The van der Waals surface area contributed by atoms with Crippen LogP contribution in [0.5, 0.6) is 0 Å². The van der Waals surface area contributed by atoms with Crippen LogP contribution in [0.15, 0.2) is 0 Å². The molecule has 0 radical (unpaired) electrons. The van der Waals surface area contributed by atoms with Crippen molar-refractivity contribution in [2.75, 3.05) is 6.54 Å². The molecular formula is C6H10N2O2. The monoisotopic (exact) mass is 142 g/mol. The molecule has 0 aromatic heterocycles. The van der Waals surface area contributed by atoms with Gasteiger partial charge in [0.1, 0.15) is 6.04 Å². The summed E-state index contributed by atoms with van der Waals surface area (Å²) in [7, 11) is 0. The molecule has 4 nitrogen and oxygen atoms in total. The summed E-state index contributed by atoms with van der Waals surface area (Å²) in [4.78, 5) is 20.8. The van der Waals surface area contributed by atoms with Crippen molar-refractivity contribution < 1.29 is 9.59 Å². The van der Waals surface area contributed by atoms with E-state index >= 15 is 0 Å². The summed E-state index contributed by atoms with van der Waals surface area (Å²) < 4.78 is 0. The van der Waals surface area contributed by atoms with Crippen molar-refractivity contribution in [1.82, 2.24) is 10.6 Å². The van der Waals surface area contributed by atoms with Crippen molar-refractivity contribution >= 4 is 12.3 Å². The van der Waals surface area contributed by atoms with Crippen molar-refractivity contribution in [3.63, 3.8) is 0 Å². The molecule has 0 aliphatic carbocycles. The lowest BCUT2D eigenvalue weighted by Crippen LogP contribution is -2.38. The zero-order valence-corrected chi connectivity index (χ0v) is 5.76. The molecule has 2 N–H and O–H groups in total. The topological polar surface area (TPSA) is 58.2 Å². The van der Waals surface area contributed by atoms with Gasteiger partial charge in [-0.15, -0.1) is 0 Å². The van der Waals surface area contributed by atoms with E-state index in [-0.39, 0.29) is 17.9 Å². The van der Waals surface area contributed by atoms with Gasteiger partial charge in [-0.25, -0.2) is 0 Å². The van der Waals surface area contributed by atoms with Crippen LogP contribution in [-0.2, 0) is 9.59 Å². The summed E-state index contributed by atoms with van der Waals surface area (Å²) in [6.45, 7) is 2.57. The van der Waals surface area contributed by atoms with Gasteiger partial charge in [-0.2, -0.15) is 0 Å². The van der Waals surface area contributed by atoms with Crippen LogP contribution in [0.2, 0.25) is 0 Å². The van der Waals surface area contributed by atoms with Gasteiger partial charge in [0.25, 0.3) is 0 Å². The Labute approximate surface area is 59.0 Å². The second-order valence-electron chi connectivity index (χ2n) is 2.48. The first-order valence-corrected chi connectivity index (χ1v) is 3.23. The molecule has 0 saturated carbocycles. The molecule has 0 spiro atoms. The van der Waals surface area contributed by atoms with Gasteiger partial charge in [0.2, 0.25) is 12.3 Å². The molecule has 0 bridgehead atoms. The normalized spacial score (nSPS) is 31.5. The van der Waals surface area contributed by atoms with E-state index in [2.05, 4.69) is 10.6 Å². The molecule has 1 rings (SSSR count). The lowest BCUT2D eigenvalue weighted by molar-refractivity contribution is -0.123. The first-order chi connectivity index (χ1) is 4.75. The maximum absolute atomic E-state index is 10.8. The van der Waals surface area contributed by atoms with Crippen molar-refractivity contribution in [2.24, 2.45) is 5.92 Å². The average Bonchev–Trinajstić information content (AvgIpc) is 2.20. The molecule has 1 unspecified atom stereocenters. The fourth-order valence-electron chi connectivity index (χ4n) is 1.06. The summed E-state index contributed by atoms with van der Waals surface area (Å²) >= 11 is 0. The highest BCUT2D eigenvalue weighted by Gasteiger charge is 2.30. The molecule has 0 aromatic carbocycles. The number of nitrogens with one attached hydrogen (secondary N) is 2. The Kier molecular flexibility index (Phi) is 1.89. The zero-order valence-electron chi connectivity index (χ0n) is 5.76. The molecule has 1 aliphatic heterocycles.